The Morgan fingerprint density at radius 3 is 2.68 bits per heavy atom. The minimum atomic E-state index is -0.0860. The molecule has 1 aromatic carbocycles. The van der Waals surface area contributed by atoms with E-state index in [1.54, 1.807) is 16.9 Å². The summed E-state index contributed by atoms with van der Waals surface area (Å²) in [6.07, 6.45) is 8.87. The van der Waals surface area contributed by atoms with Crippen molar-refractivity contribution in [2.75, 3.05) is 0 Å². The van der Waals surface area contributed by atoms with Crippen LogP contribution in [0.3, 0.4) is 0 Å². The van der Waals surface area contributed by atoms with Crippen LogP contribution in [-0.2, 0) is 6.73 Å². The van der Waals surface area contributed by atoms with Gasteiger partial charge in [0.15, 0.2) is 6.73 Å². The fourth-order valence-corrected chi connectivity index (χ4v) is 3.33. The van der Waals surface area contributed by atoms with Crippen LogP contribution in [-0.4, -0.2) is 21.7 Å². The van der Waals surface area contributed by atoms with Crippen molar-refractivity contribution >= 4 is 5.91 Å². The molecule has 0 saturated heterocycles. The maximum atomic E-state index is 12.4. The second-order valence-electron chi connectivity index (χ2n) is 6.94. The third kappa shape index (κ3) is 4.84. The Kier molecular flexibility index (Phi) is 5.74. The van der Waals surface area contributed by atoms with Gasteiger partial charge in [0, 0.05) is 12.2 Å². The van der Waals surface area contributed by atoms with Gasteiger partial charge in [0.2, 0.25) is 0 Å². The van der Waals surface area contributed by atoms with Gasteiger partial charge in [-0.25, -0.2) is 4.68 Å². The average molecular weight is 341 g/mol. The number of rotatable bonds is 5. The van der Waals surface area contributed by atoms with Gasteiger partial charge in [-0.2, -0.15) is 5.10 Å². The summed E-state index contributed by atoms with van der Waals surface area (Å²) in [6, 6.07) is 8.11. The fraction of sp³-hybridized carbons (Fsp3) is 0.500. The summed E-state index contributed by atoms with van der Waals surface area (Å²) >= 11 is 0. The summed E-state index contributed by atoms with van der Waals surface area (Å²) in [5.74, 6) is 0.753. The Morgan fingerprint density at radius 2 is 1.96 bits per heavy atom. The van der Waals surface area contributed by atoms with Crippen LogP contribution >= 0.6 is 0 Å². The second-order valence-corrected chi connectivity index (χ2v) is 6.94. The molecule has 0 aliphatic heterocycles. The van der Waals surface area contributed by atoms with Crippen LogP contribution < -0.4 is 10.1 Å². The Hall–Kier alpha value is -2.30. The Bertz CT molecular complexity index is 715. The molecule has 1 N–H and O–H groups in total. The van der Waals surface area contributed by atoms with Crippen molar-refractivity contribution in [2.24, 2.45) is 0 Å². The van der Waals surface area contributed by atoms with Crippen molar-refractivity contribution in [3.05, 3.63) is 47.3 Å². The SMILES string of the molecule is Cc1ccc(OCn2ccc(C(=O)NC3CCCCCC3)n2)c(C)c1. The number of benzene rings is 1. The van der Waals surface area contributed by atoms with Crippen molar-refractivity contribution in [1.82, 2.24) is 15.1 Å². The zero-order chi connectivity index (χ0) is 17.6. The van der Waals surface area contributed by atoms with Crippen LogP contribution in [0, 0.1) is 13.8 Å². The molecule has 0 spiro atoms. The molecule has 5 heteroatoms. The van der Waals surface area contributed by atoms with Crippen LogP contribution in [0.25, 0.3) is 0 Å². The van der Waals surface area contributed by atoms with E-state index in [4.69, 9.17) is 4.74 Å². The van der Waals surface area contributed by atoms with Crippen molar-refractivity contribution in [3.63, 3.8) is 0 Å². The molecule has 1 fully saturated rings. The highest BCUT2D eigenvalue weighted by atomic mass is 16.5. The summed E-state index contributed by atoms with van der Waals surface area (Å²) in [5.41, 5.74) is 2.76. The maximum absolute atomic E-state index is 12.4. The minimum Gasteiger partial charge on any atom is -0.471 e. The van der Waals surface area contributed by atoms with Gasteiger partial charge in [0.05, 0.1) is 0 Å². The van der Waals surface area contributed by atoms with Gasteiger partial charge in [-0.05, 0) is 44.4 Å². The molecule has 1 aromatic heterocycles. The molecule has 1 amide bonds. The monoisotopic (exact) mass is 341 g/mol. The predicted molar refractivity (Wildman–Crippen MR) is 97.7 cm³/mol. The molecule has 0 bridgehead atoms. The zero-order valence-corrected chi connectivity index (χ0v) is 15.1. The first-order valence-corrected chi connectivity index (χ1v) is 9.16. The molecule has 1 aliphatic rings. The molecule has 0 unspecified atom stereocenters. The molecule has 1 aliphatic carbocycles. The number of aryl methyl sites for hydroxylation is 2. The molecule has 0 atom stereocenters. The largest absolute Gasteiger partial charge is 0.471 e. The lowest BCUT2D eigenvalue weighted by Gasteiger charge is -2.15. The fourth-order valence-electron chi connectivity index (χ4n) is 3.33. The van der Waals surface area contributed by atoms with E-state index >= 15 is 0 Å². The topological polar surface area (TPSA) is 56.1 Å². The number of nitrogens with one attached hydrogen (secondary N) is 1. The summed E-state index contributed by atoms with van der Waals surface area (Å²) in [5, 5.41) is 7.46. The van der Waals surface area contributed by atoms with Crippen LogP contribution in [0.1, 0.15) is 60.1 Å². The standard InChI is InChI=1S/C20H27N3O2/c1-15-9-10-19(16(2)13-15)25-14-23-12-11-18(22-23)20(24)21-17-7-5-3-4-6-8-17/h9-13,17H,3-8,14H2,1-2H3,(H,21,24). The number of amides is 1. The number of nitrogens with zero attached hydrogens (tertiary/aromatic N) is 2. The van der Waals surface area contributed by atoms with E-state index in [0.717, 1.165) is 24.2 Å². The first-order chi connectivity index (χ1) is 12.1. The maximum Gasteiger partial charge on any atom is 0.271 e. The Labute approximate surface area is 149 Å². The van der Waals surface area contributed by atoms with E-state index in [0.29, 0.717) is 12.4 Å². The highest BCUT2D eigenvalue weighted by Gasteiger charge is 2.17. The molecular formula is C20H27N3O2. The van der Waals surface area contributed by atoms with Gasteiger partial charge in [-0.15, -0.1) is 0 Å². The second kappa shape index (κ2) is 8.19. The molecule has 25 heavy (non-hydrogen) atoms. The predicted octanol–water partition coefficient (Wildman–Crippen LogP) is 3.99. The molecule has 5 nitrogen and oxygen atoms in total. The Balaban J connectivity index is 1.55. The van der Waals surface area contributed by atoms with Crippen LogP contribution in [0.15, 0.2) is 30.5 Å². The lowest BCUT2D eigenvalue weighted by molar-refractivity contribution is 0.0926. The van der Waals surface area contributed by atoms with Gasteiger partial charge in [0.1, 0.15) is 11.4 Å². The normalized spacial score (nSPS) is 15.6. The minimum absolute atomic E-state index is 0.0860. The number of ether oxygens (including phenoxy) is 1. The number of aromatic nitrogens is 2. The van der Waals surface area contributed by atoms with Gasteiger partial charge in [0.25, 0.3) is 5.91 Å². The van der Waals surface area contributed by atoms with Crippen LogP contribution in [0.5, 0.6) is 5.75 Å². The number of hydrogen-bond donors (Lipinski definition) is 1. The smallest absolute Gasteiger partial charge is 0.271 e. The molecule has 2 aromatic rings. The van der Waals surface area contributed by atoms with Gasteiger partial charge >= 0.3 is 0 Å². The van der Waals surface area contributed by atoms with Crippen molar-refractivity contribution < 1.29 is 9.53 Å². The van der Waals surface area contributed by atoms with E-state index in [1.807, 2.05) is 19.1 Å². The summed E-state index contributed by atoms with van der Waals surface area (Å²) < 4.78 is 7.46. The van der Waals surface area contributed by atoms with Crippen LogP contribution in [0.2, 0.25) is 0 Å². The summed E-state index contributed by atoms with van der Waals surface area (Å²) in [7, 11) is 0. The van der Waals surface area contributed by atoms with Gasteiger partial charge in [-0.3, -0.25) is 4.79 Å². The van der Waals surface area contributed by atoms with E-state index in [2.05, 4.69) is 23.4 Å². The molecule has 0 radical (unpaired) electrons. The van der Waals surface area contributed by atoms with Gasteiger partial charge < -0.3 is 10.1 Å². The number of hydrogen-bond acceptors (Lipinski definition) is 3. The van der Waals surface area contributed by atoms with E-state index in [-0.39, 0.29) is 11.9 Å². The molecule has 134 valence electrons. The average Bonchev–Trinajstić information content (AvgIpc) is 2.92. The molecular weight excluding hydrogens is 314 g/mol. The lowest BCUT2D eigenvalue weighted by Crippen LogP contribution is -2.34. The van der Waals surface area contributed by atoms with E-state index in [1.165, 1.54) is 31.2 Å². The van der Waals surface area contributed by atoms with Crippen LogP contribution in [0.4, 0.5) is 0 Å². The van der Waals surface area contributed by atoms with E-state index in [9.17, 15) is 4.79 Å². The summed E-state index contributed by atoms with van der Waals surface area (Å²) in [6.45, 7) is 4.38. The first kappa shape index (κ1) is 17.5. The third-order valence-electron chi connectivity index (χ3n) is 4.75. The Morgan fingerprint density at radius 1 is 1.20 bits per heavy atom. The molecule has 3 rings (SSSR count). The van der Waals surface area contributed by atoms with Gasteiger partial charge in [-0.1, -0.05) is 43.4 Å². The van der Waals surface area contributed by atoms with Crippen molar-refractivity contribution in [1.29, 1.82) is 0 Å². The number of carbonyl (C=O) groups excluding carboxylic acids is 1. The summed E-state index contributed by atoms with van der Waals surface area (Å²) in [4.78, 5) is 12.4. The molecule has 1 heterocycles. The highest BCUT2D eigenvalue weighted by Crippen LogP contribution is 2.19. The third-order valence-corrected chi connectivity index (χ3v) is 4.75. The molecule has 1 saturated carbocycles. The first-order valence-electron chi connectivity index (χ1n) is 9.16. The highest BCUT2D eigenvalue weighted by molar-refractivity contribution is 5.92. The quantitative estimate of drug-likeness (QED) is 0.837. The van der Waals surface area contributed by atoms with E-state index < -0.39 is 0 Å². The zero-order valence-electron chi connectivity index (χ0n) is 15.1. The lowest BCUT2D eigenvalue weighted by atomic mass is 10.1. The van der Waals surface area contributed by atoms with Crippen molar-refractivity contribution in [3.8, 4) is 5.75 Å². The number of carbonyl (C=O) groups is 1. The van der Waals surface area contributed by atoms with Crippen molar-refractivity contribution in [2.45, 2.75) is 65.1 Å².